The molecule has 3 atom stereocenters. The molecule has 5 amide bonds. The number of hydrogen-bond acceptors (Lipinski definition) is 8. The van der Waals surface area contributed by atoms with Gasteiger partial charge in [-0.25, -0.2) is 14.5 Å². The summed E-state index contributed by atoms with van der Waals surface area (Å²) in [7, 11) is 4.55. The lowest BCUT2D eigenvalue weighted by Crippen LogP contribution is -2.34. The van der Waals surface area contributed by atoms with E-state index in [4.69, 9.17) is 30.2 Å². The first-order chi connectivity index (χ1) is 23.1. The molecular weight excluding hydrogens is 640 g/mol. The van der Waals surface area contributed by atoms with Gasteiger partial charge in [0.25, 0.3) is 0 Å². The Morgan fingerprint density at radius 3 is 2.27 bits per heavy atom. The molecule has 1 saturated heterocycles. The van der Waals surface area contributed by atoms with Gasteiger partial charge in [0.05, 0.1) is 38.6 Å². The average molecular weight is 669 g/mol. The maximum atomic E-state index is 14.5. The molecule has 0 radical (unpaired) electrons. The van der Waals surface area contributed by atoms with Crippen LogP contribution in [0.3, 0.4) is 0 Å². The number of anilines is 2. The average Bonchev–Trinajstić information content (AvgIpc) is 3.60. The molecule has 1 aromatic heterocycles. The number of amides is 5. The van der Waals surface area contributed by atoms with Gasteiger partial charge in [-0.05, 0) is 61.7 Å². The van der Waals surface area contributed by atoms with Gasteiger partial charge in [0.15, 0.2) is 5.43 Å². The van der Waals surface area contributed by atoms with E-state index in [0.29, 0.717) is 39.8 Å². The van der Waals surface area contributed by atoms with E-state index in [0.717, 1.165) is 10.5 Å². The number of carbonyl (C=O) groups excluding carboxylic acids is 3. The zero-order chi connectivity index (χ0) is 33.9. The van der Waals surface area contributed by atoms with Gasteiger partial charge in [0.1, 0.15) is 34.0 Å². The fourth-order valence-electron chi connectivity index (χ4n) is 7.07. The van der Waals surface area contributed by atoms with E-state index in [-0.39, 0.29) is 51.9 Å². The Morgan fingerprint density at radius 1 is 0.875 bits per heavy atom. The number of carbonyl (C=O) groups is 3. The van der Waals surface area contributed by atoms with Crippen molar-refractivity contribution in [1.29, 1.82) is 0 Å². The fraction of sp³-hybridized carbons (Fsp3) is 0.257. The molecule has 1 fully saturated rings. The lowest BCUT2D eigenvalue weighted by molar-refractivity contribution is -0.121. The topological polar surface area (TPSA) is 140 Å². The molecule has 3 aromatic carbocycles. The minimum Gasteiger partial charge on any atom is -0.497 e. The Hall–Kier alpha value is -5.49. The molecule has 7 rings (SSSR count). The molecule has 1 aliphatic carbocycles. The summed E-state index contributed by atoms with van der Waals surface area (Å²) in [5.41, 5.74) is 2.63. The second-order valence-corrected chi connectivity index (χ2v) is 12.2. The highest BCUT2D eigenvalue weighted by molar-refractivity contribution is 6.31. The van der Waals surface area contributed by atoms with Crippen LogP contribution in [0, 0.1) is 11.8 Å². The number of halogens is 1. The first-order valence-corrected chi connectivity index (χ1v) is 15.5. The Morgan fingerprint density at radius 2 is 1.60 bits per heavy atom. The number of urea groups is 2. The van der Waals surface area contributed by atoms with Crippen LogP contribution in [0.25, 0.3) is 22.3 Å². The zero-order valence-corrected chi connectivity index (χ0v) is 27.1. The van der Waals surface area contributed by atoms with Crippen molar-refractivity contribution in [2.45, 2.75) is 19.3 Å². The molecule has 13 heteroatoms. The van der Waals surface area contributed by atoms with Crippen LogP contribution in [0.1, 0.15) is 24.8 Å². The number of fused-ring (bicyclic) bond motifs is 2. The van der Waals surface area contributed by atoms with Crippen LogP contribution in [-0.2, 0) is 4.79 Å². The van der Waals surface area contributed by atoms with Gasteiger partial charge in [-0.15, -0.1) is 0 Å². The standard InChI is InChI=1S/C35H29ClN4O8/c1-17-11-19-16-39(24-13-20(36)7-10-23(24)40-34(43)37-38-35(40)44)33(42)29(19)22(12-17)30-27(46-3)15-28-31(32(30)47-4)25(41)14-26(48-28)18-5-8-21(45-2)9-6-18/h5-10,12-15,19,22,29H,11,16H2,1-4H3. The highest BCUT2D eigenvalue weighted by Gasteiger charge is 2.49. The van der Waals surface area contributed by atoms with Crippen molar-refractivity contribution in [3.05, 3.63) is 87.1 Å². The van der Waals surface area contributed by atoms with E-state index < -0.39 is 23.9 Å². The molecular formula is C35H29ClN4O8. The Balaban J connectivity index is 1.34. The third-order valence-electron chi connectivity index (χ3n) is 9.09. The predicted octanol–water partition coefficient (Wildman–Crippen LogP) is 7.36. The van der Waals surface area contributed by atoms with E-state index >= 15 is 0 Å². The second-order valence-electron chi connectivity index (χ2n) is 11.8. The summed E-state index contributed by atoms with van der Waals surface area (Å²) in [5.74, 6) is 0.0730. The van der Waals surface area contributed by atoms with Gasteiger partial charge >= 0.3 is 12.1 Å². The van der Waals surface area contributed by atoms with Crippen LogP contribution in [0.5, 0.6) is 17.2 Å². The third-order valence-corrected chi connectivity index (χ3v) is 9.33. The quantitative estimate of drug-likeness (QED) is 0.186. The summed E-state index contributed by atoms with van der Waals surface area (Å²) in [5, 5.41) is 7.27. The van der Waals surface area contributed by atoms with Crippen molar-refractivity contribution < 1.29 is 33.0 Å². The maximum Gasteiger partial charge on any atom is 0.375 e. The highest BCUT2D eigenvalue weighted by atomic mass is 35.5. The number of rotatable bonds is 7. The molecule has 244 valence electrons. The molecule has 3 aliphatic rings. The van der Waals surface area contributed by atoms with Crippen LogP contribution in [-0.4, -0.2) is 45.8 Å². The van der Waals surface area contributed by atoms with Crippen molar-refractivity contribution in [2.24, 2.45) is 22.1 Å². The first kappa shape index (κ1) is 31.1. The SMILES string of the molecule is COc1ccc(-c2cc(=O)c3c(OC)c(C4C=C(C)CC5CN(c6cc(Cl)ccc6N6C(=O)N=NC6=O)C(=O)C54)c(OC)cc3o2)cc1. The zero-order valence-electron chi connectivity index (χ0n) is 26.4. The normalized spacial score (nSPS) is 20.4. The number of benzene rings is 3. The van der Waals surface area contributed by atoms with Crippen LogP contribution >= 0.6 is 11.6 Å². The molecule has 0 saturated carbocycles. The number of imide groups is 1. The fourth-order valence-corrected chi connectivity index (χ4v) is 7.24. The minimum atomic E-state index is -0.859. The van der Waals surface area contributed by atoms with Crippen molar-refractivity contribution in [3.63, 3.8) is 0 Å². The molecule has 3 heterocycles. The summed E-state index contributed by atoms with van der Waals surface area (Å²) < 4.78 is 23.3. The number of allylic oxidation sites excluding steroid dienone is 2. The van der Waals surface area contributed by atoms with E-state index in [1.165, 1.54) is 32.4 Å². The number of ether oxygens (including phenoxy) is 3. The summed E-state index contributed by atoms with van der Waals surface area (Å²) in [6, 6.07) is 13.1. The number of nitrogens with zero attached hydrogens (tertiary/aromatic N) is 4. The molecule has 12 nitrogen and oxygen atoms in total. The summed E-state index contributed by atoms with van der Waals surface area (Å²) >= 11 is 6.38. The van der Waals surface area contributed by atoms with Crippen molar-refractivity contribution in [3.8, 4) is 28.6 Å². The largest absolute Gasteiger partial charge is 0.497 e. The van der Waals surface area contributed by atoms with E-state index in [9.17, 15) is 19.2 Å². The summed E-state index contributed by atoms with van der Waals surface area (Å²) in [6.07, 6.45) is 2.63. The lowest BCUT2D eigenvalue weighted by Gasteiger charge is -2.32. The van der Waals surface area contributed by atoms with E-state index in [1.54, 1.807) is 48.4 Å². The third kappa shape index (κ3) is 5.00. The van der Waals surface area contributed by atoms with Crippen molar-refractivity contribution in [1.82, 2.24) is 0 Å². The van der Waals surface area contributed by atoms with Crippen LogP contribution in [0.15, 0.2) is 85.7 Å². The van der Waals surface area contributed by atoms with Crippen LogP contribution in [0.2, 0.25) is 5.02 Å². The number of methoxy groups -OCH3 is 3. The maximum absolute atomic E-state index is 14.5. The van der Waals surface area contributed by atoms with Gasteiger partial charge in [-0.1, -0.05) is 33.5 Å². The van der Waals surface area contributed by atoms with Crippen LogP contribution in [0.4, 0.5) is 21.0 Å². The Kier molecular flexibility index (Phi) is 7.75. The minimum absolute atomic E-state index is 0.152. The van der Waals surface area contributed by atoms with Crippen LogP contribution < -0.4 is 29.4 Å². The highest BCUT2D eigenvalue weighted by Crippen LogP contribution is 2.53. The van der Waals surface area contributed by atoms with Gasteiger partial charge in [-0.2, -0.15) is 0 Å². The monoisotopic (exact) mass is 668 g/mol. The molecule has 48 heavy (non-hydrogen) atoms. The smallest absolute Gasteiger partial charge is 0.375 e. The lowest BCUT2D eigenvalue weighted by atomic mass is 9.71. The number of azo groups is 1. The van der Waals surface area contributed by atoms with Crippen molar-refractivity contribution in [2.75, 3.05) is 37.7 Å². The molecule has 3 unspecified atom stereocenters. The van der Waals surface area contributed by atoms with Gasteiger partial charge < -0.3 is 23.5 Å². The molecule has 0 N–H and O–H groups in total. The number of hydrogen-bond donors (Lipinski definition) is 0. The molecule has 0 spiro atoms. The van der Waals surface area contributed by atoms with Gasteiger partial charge in [0.2, 0.25) is 5.91 Å². The van der Waals surface area contributed by atoms with Gasteiger partial charge in [0, 0.05) is 40.7 Å². The van der Waals surface area contributed by atoms with Crippen molar-refractivity contribution >= 4 is 51.9 Å². The van der Waals surface area contributed by atoms with E-state index in [1.807, 2.05) is 13.0 Å². The second kappa shape index (κ2) is 11.9. The van der Waals surface area contributed by atoms with E-state index in [2.05, 4.69) is 10.2 Å². The first-order valence-electron chi connectivity index (χ1n) is 15.1. The molecule has 2 aliphatic heterocycles. The van der Waals surface area contributed by atoms with Gasteiger partial charge in [-0.3, -0.25) is 9.59 Å². The Bertz CT molecular complexity index is 2120. The molecule has 4 aromatic rings. The summed E-state index contributed by atoms with van der Waals surface area (Å²) in [6.45, 7) is 2.27. The predicted molar refractivity (Wildman–Crippen MR) is 178 cm³/mol. The summed E-state index contributed by atoms with van der Waals surface area (Å²) in [4.78, 5) is 55.6. The Labute approximate surface area is 279 Å². The molecule has 0 bridgehead atoms.